The summed E-state index contributed by atoms with van der Waals surface area (Å²) in [6.45, 7) is 7.62. The molecule has 0 aliphatic carbocycles. The summed E-state index contributed by atoms with van der Waals surface area (Å²) in [4.78, 5) is 11.5. The zero-order valence-electron chi connectivity index (χ0n) is 16.2. The Morgan fingerprint density at radius 3 is 2.63 bits per heavy atom. The van der Waals surface area contributed by atoms with Crippen LogP contribution >= 0.6 is 0 Å². The molecule has 2 unspecified atom stereocenters. The van der Waals surface area contributed by atoms with E-state index in [-0.39, 0.29) is 0 Å². The fourth-order valence-electron chi connectivity index (χ4n) is 4.04. The van der Waals surface area contributed by atoms with Crippen molar-refractivity contribution in [2.75, 3.05) is 13.1 Å². The number of likely N-dealkylation sites (tertiary alicyclic amines) is 1. The highest BCUT2D eigenvalue weighted by molar-refractivity contribution is 5.62. The van der Waals surface area contributed by atoms with Crippen LogP contribution in [0.15, 0.2) is 67.1 Å². The molecule has 0 bridgehead atoms. The highest BCUT2D eigenvalue weighted by Crippen LogP contribution is 2.32. The molecule has 2 atom stereocenters. The second kappa shape index (κ2) is 8.01. The van der Waals surface area contributed by atoms with Gasteiger partial charge in [0.1, 0.15) is 0 Å². The van der Waals surface area contributed by atoms with E-state index in [0.29, 0.717) is 5.92 Å². The summed E-state index contributed by atoms with van der Waals surface area (Å²) in [5, 5.41) is 0. The van der Waals surface area contributed by atoms with Crippen molar-refractivity contribution < 1.29 is 0 Å². The van der Waals surface area contributed by atoms with Gasteiger partial charge in [0.2, 0.25) is 0 Å². The average molecular weight is 358 g/mol. The normalized spacial score (nSPS) is 20.5. The number of benzene rings is 1. The van der Waals surface area contributed by atoms with Gasteiger partial charge in [0.25, 0.3) is 0 Å². The Labute approximate surface area is 162 Å². The molecule has 138 valence electrons. The predicted molar refractivity (Wildman–Crippen MR) is 110 cm³/mol. The first-order valence-electron chi connectivity index (χ1n) is 9.83. The van der Waals surface area contributed by atoms with Gasteiger partial charge in [-0.3, -0.25) is 14.9 Å². The number of aryl methyl sites for hydroxylation is 1. The molecule has 0 N–H and O–H groups in total. The minimum absolute atomic E-state index is 0.609. The number of hydrogen-bond acceptors (Lipinski definition) is 3. The van der Waals surface area contributed by atoms with E-state index in [1.807, 2.05) is 25.5 Å². The molecule has 0 spiro atoms. The summed E-state index contributed by atoms with van der Waals surface area (Å²) in [6, 6.07) is 17.4. The van der Waals surface area contributed by atoms with Crippen molar-refractivity contribution in [2.24, 2.45) is 5.92 Å². The Hall–Kier alpha value is -2.52. The van der Waals surface area contributed by atoms with Crippen molar-refractivity contribution >= 4 is 0 Å². The Kier molecular flexibility index (Phi) is 5.30. The molecule has 3 aromatic rings. The Morgan fingerprint density at radius 2 is 1.85 bits per heavy atom. The number of hydrogen-bond donors (Lipinski definition) is 0. The van der Waals surface area contributed by atoms with Crippen LogP contribution in [0.1, 0.15) is 36.1 Å². The average Bonchev–Trinajstić information content (AvgIpc) is 2.71. The summed E-state index contributed by atoms with van der Waals surface area (Å²) >= 11 is 0. The summed E-state index contributed by atoms with van der Waals surface area (Å²) in [5.41, 5.74) is 6.05. The molecule has 1 fully saturated rings. The topological polar surface area (TPSA) is 29.0 Å². The molecule has 1 aromatic carbocycles. The van der Waals surface area contributed by atoms with Crippen LogP contribution in [0.25, 0.3) is 11.1 Å². The summed E-state index contributed by atoms with van der Waals surface area (Å²) in [5.74, 6) is 1.34. The van der Waals surface area contributed by atoms with Gasteiger partial charge in [0.05, 0.1) is 0 Å². The van der Waals surface area contributed by atoms with Crippen molar-refractivity contribution in [1.29, 1.82) is 0 Å². The van der Waals surface area contributed by atoms with E-state index in [1.165, 1.54) is 17.5 Å². The van der Waals surface area contributed by atoms with Crippen LogP contribution in [0.2, 0.25) is 0 Å². The van der Waals surface area contributed by atoms with Crippen LogP contribution in [0, 0.1) is 12.8 Å². The van der Waals surface area contributed by atoms with Crippen molar-refractivity contribution in [3.05, 3.63) is 83.9 Å². The third-order valence-electron chi connectivity index (χ3n) is 5.72. The Morgan fingerprint density at radius 1 is 1.00 bits per heavy atom. The van der Waals surface area contributed by atoms with Crippen LogP contribution < -0.4 is 0 Å². The van der Waals surface area contributed by atoms with E-state index in [1.54, 1.807) is 0 Å². The van der Waals surface area contributed by atoms with E-state index in [9.17, 15) is 0 Å². The maximum Gasteiger partial charge on any atom is 0.0373 e. The molecule has 2 aromatic heterocycles. The summed E-state index contributed by atoms with van der Waals surface area (Å²) in [7, 11) is 0. The lowest BCUT2D eigenvalue weighted by atomic mass is 9.82. The highest BCUT2D eigenvalue weighted by atomic mass is 15.1. The largest absolute Gasteiger partial charge is 0.298 e. The van der Waals surface area contributed by atoms with Gasteiger partial charge >= 0.3 is 0 Å². The number of piperidine rings is 1. The fraction of sp³-hybridized carbons (Fsp3) is 0.333. The van der Waals surface area contributed by atoms with E-state index in [2.05, 4.69) is 70.3 Å². The van der Waals surface area contributed by atoms with E-state index in [0.717, 1.165) is 42.4 Å². The van der Waals surface area contributed by atoms with Crippen molar-refractivity contribution in [2.45, 2.75) is 32.7 Å². The van der Waals surface area contributed by atoms with Gasteiger partial charge in [-0.1, -0.05) is 43.3 Å². The molecule has 0 radical (unpaired) electrons. The zero-order valence-corrected chi connectivity index (χ0v) is 16.2. The first kappa shape index (κ1) is 17.9. The molecule has 3 heteroatoms. The first-order chi connectivity index (χ1) is 13.2. The zero-order chi connectivity index (χ0) is 18.6. The van der Waals surface area contributed by atoms with Crippen LogP contribution in [-0.4, -0.2) is 28.0 Å². The fourth-order valence-corrected chi connectivity index (χ4v) is 4.04. The van der Waals surface area contributed by atoms with Gasteiger partial charge in [-0.2, -0.15) is 0 Å². The smallest absolute Gasteiger partial charge is 0.0373 e. The summed E-state index contributed by atoms with van der Waals surface area (Å²) in [6.07, 6.45) is 7.11. The molecule has 3 nitrogen and oxygen atoms in total. The minimum Gasteiger partial charge on any atom is -0.298 e. The minimum atomic E-state index is 0.609. The molecule has 0 saturated carbocycles. The molecule has 4 rings (SSSR count). The highest BCUT2D eigenvalue weighted by Gasteiger charge is 2.27. The van der Waals surface area contributed by atoms with Crippen LogP contribution in [0.4, 0.5) is 0 Å². The van der Waals surface area contributed by atoms with Gasteiger partial charge in [-0.05, 0) is 55.0 Å². The molecule has 0 amide bonds. The molecule has 1 aliphatic heterocycles. The van der Waals surface area contributed by atoms with E-state index < -0.39 is 0 Å². The Bertz CT molecular complexity index is 874. The third kappa shape index (κ3) is 4.25. The molecular weight excluding hydrogens is 330 g/mol. The van der Waals surface area contributed by atoms with Crippen LogP contribution in [0.5, 0.6) is 0 Å². The lowest BCUT2D eigenvalue weighted by Gasteiger charge is -2.37. The van der Waals surface area contributed by atoms with Crippen LogP contribution in [-0.2, 0) is 6.54 Å². The maximum atomic E-state index is 4.49. The van der Waals surface area contributed by atoms with Gasteiger partial charge in [0, 0.05) is 48.5 Å². The number of pyridine rings is 2. The molecule has 3 heterocycles. The Balaban J connectivity index is 1.49. The maximum absolute atomic E-state index is 4.49. The monoisotopic (exact) mass is 357 g/mol. The SMILES string of the molecule is Cc1ccc(-c2cncc(CN3CCC(C)C(c4ccccc4)C3)c2)cn1. The molecule has 27 heavy (non-hydrogen) atoms. The number of nitrogens with zero attached hydrogens (tertiary/aromatic N) is 3. The second-order valence-corrected chi connectivity index (χ2v) is 7.79. The van der Waals surface area contributed by atoms with Gasteiger partial charge in [-0.15, -0.1) is 0 Å². The number of rotatable bonds is 4. The van der Waals surface area contributed by atoms with Crippen molar-refractivity contribution in [3.8, 4) is 11.1 Å². The van der Waals surface area contributed by atoms with E-state index >= 15 is 0 Å². The summed E-state index contributed by atoms with van der Waals surface area (Å²) < 4.78 is 0. The van der Waals surface area contributed by atoms with Crippen LogP contribution in [0.3, 0.4) is 0 Å². The quantitative estimate of drug-likeness (QED) is 0.652. The second-order valence-electron chi connectivity index (χ2n) is 7.79. The van der Waals surface area contributed by atoms with Crippen molar-refractivity contribution in [3.63, 3.8) is 0 Å². The molecule has 1 saturated heterocycles. The van der Waals surface area contributed by atoms with Crippen molar-refractivity contribution in [1.82, 2.24) is 14.9 Å². The lowest BCUT2D eigenvalue weighted by molar-refractivity contribution is 0.160. The first-order valence-corrected chi connectivity index (χ1v) is 9.83. The molecule has 1 aliphatic rings. The standard InChI is InChI=1S/C24H27N3/c1-18-10-11-27(17-24(18)21-6-4-3-5-7-21)16-20-12-23(14-25-13-20)22-9-8-19(2)26-15-22/h3-9,12-15,18,24H,10-11,16-17H2,1-2H3. The number of aromatic nitrogens is 2. The van der Waals surface area contributed by atoms with Gasteiger partial charge in [-0.25, -0.2) is 0 Å². The predicted octanol–water partition coefficient (Wildman–Crippen LogP) is 5.08. The van der Waals surface area contributed by atoms with E-state index in [4.69, 9.17) is 0 Å². The third-order valence-corrected chi connectivity index (χ3v) is 5.72. The van der Waals surface area contributed by atoms with Gasteiger partial charge in [0.15, 0.2) is 0 Å². The lowest BCUT2D eigenvalue weighted by Crippen LogP contribution is -2.37. The van der Waals surface area contributed by atoms with Gasteiger partial charge < -0.3 is 0 Å². The molecular formula is C24H27N3.